The van der Waals surface area contributed by atoms with Crippen LogP contribution in [0.25, 0.3) is 0 Å². The van der Waals surface area contributed by atoms with Crippen LogP contribution in [0.1, 0.15) is 0 Å². The van der Waals surface area contributed by atoms with Crippen LogP contribution in [-0.2, 0) is 4.79 Å². The monoisotopic (exact) mass is 276 g/mol. The number of non-ortho nitro benzene ring substituents is 1. The summed E-state index contributed by atoms with van der Waals surface area (Å²) in [7, 11) is 0. The molecule has 0 aliphatic carbocycles. The molecule has 0 aromatic heterocycles. The quantitative estimate of drug-likeness (QED) is 0.414. The lowest BCUT2D eigenvalue weighted by molar-refractivity contribution is -0.384. The SMILES string of the molecule is C=CCN(CC=C)C(=O)COc1ccc([N+](=O)[O-])cc1. The maximum atomic E-state index is 11.9. The zero-order valence-corrected chi connectivity index (χ0v) is 11.0. The molecule has 1 aromatic carbocycles. The smallest absolute Gasteiger partial charge is 0.269 e. The predicted octanol–water partition coefficient (Wildman–Crippen LogP) is 2.17. The number of nitro groups is 1. The van der Waals surface area contributed by atoms with E-state index in [1.807, 2.05) is 0 Å². The first-order valence-corrected chi connectivity index (χ1v) is 5.95. The summed E-state index contributed by atoms with van der Waals surface area (Å²) >= 11 is 0. The summed E-state index contributed by atoms with van der Waals surface area (Å²) < 4.78 is 5.29. The fourth-order valence-electron chi connectivity index (χ4n) is 1.49. The van der Waals surface area contributed by atoms with Crippen LogP contribution < -0.4 is 4.74 Å². The fourth-order valence-corrected chi connectivity index (χ4v) is 1.49. The van der Waals surface area contributed by atoms with Gasteiger partial charge in [0.2, 0.25) is 0 Å². The first-order chi connectivity index (χ1) is 9.58. The van der Waals surface area contributed by atoms with E-state index in [0.717, 1.165) is 0 Å². The molecule has 1 aromatic rings. The Morgan fingerprint density at radius 2 is 1.80 bits per heavy atom. The number of hydrogen-bond donors (Lipinski definition) is 0. The topological polar surface area (TPSA) is 72.7 Å². The third-order valence-corrected chi connectivity index (χ3v) is 2.46. The van der Waals surface area contributed by atoms with Gasteiger partial charge in [-0.1, -0.05) is 12.2 Å². The van der Waals surface area contributed by atoms with Crippen molar-refractivity contribution in [3.05, 3.63) is 59.7 Å². The Kier molecular flexibility index (Phi) is 5.96. The zero-order chi connectivity index (χ0) is 15.0. The van der Waals surface area contributed by atoms with Gasteiger partial charge in [0.25, 0.3) is 11.6 Å². The van der Waals surface area contributed by atoms with E-state index in [1.54, 1.807) is 12.2 Å². The number of benzene rings is 1. The Labute approximate surface area is 117 Å². The van der Waals surface area contributed by atoms with Crippen molar-refractivity contribution in [1.29, 1.82) is 0 Å². The van der Waals surface area contributed by atoms with Crippen molar-refractivity contribution in [2.24, 2.45) is 0 Å². The standard InChI is InChI=1S/C14H16N2O4/c1-3-9-15(10-4-2)14(17)11-20-13-7-5-12(6-8-13)16(18)19/h3-8H,1-2,9-11H2. The Morgan fingerprint density at radius 3 is 2.25 bits per heavy atom. The van der Waals surface area contributed by atoms with E-state index in [4.69, 9.17) is 4.74 Å². The predicted molar refractivity (Wildman–Crippen MR) is 75.6 cm³/mol. The van der Waals surface area contributed by atoms with Gasteiger partial charge in [-0.15, -0.1) is 13.2 Å². The van der Waals surface area contributed by atoms with Crippen LogP contribution in [0.5, 0.6) is 5.75 Å². The lowest BCUT2D eigenvalue weighted by Gasteiger charge is -2.19. The lowest BCUT2D eigenvalue weighted by atomic mass is 10.3. The van der Waals surface area contributed by atoms with Crippen LogP contribution in [0.3, 0.4) is 0 Å². The Balaban J connectivity index is 2.56. The van der Waals surface area contributed by atoms with Crippen molar-refractivity contribution in [3.63, 3.8) is 0 Å². The lowest BCUT2D eigenvalue weighted by Crippen LogP contribution is -2.35. The number of carbonyl (C=O) groups excluding carboxylic acids is 1. The first kappa shape index (κ1) is 15.4. The second-order valence-electron chi connectivity index (χ2n) is 3.92. The number of amides is 1. The van der Waals surface area contributed by atoms with Crippen LogP contribution in [0.2, 0.25) is 0 Å². The fraction of sp³-hybridized carbons (Fsp3) is 0.214. The number of carbonyl (C=O) groups is 1. The van der Waals surface area contributed by atoms with Crippen LogP contribution in [0, 0.1) is 10.1 Å². The van der Waals surface area contributed by atoms with Gasteiger partial charge < -0.3 is 9.64 Å². The van der Waals surface area contributed by atoms with Crippen LogP contribution in [-0.4, -0.2) is 35.4 Å². The van der Waals surface area contributed by atoms with Gasteiger partial charge in [-0.05, 0) is 12.1 Å². The average Bonchev–Trinajstić information content (AvgIpc) is 2.45. The minimum absolute atomic E-state index is 0.0244. The van der Waals surface area contributed by atoms with E-state index in [-0.39, 0.29) is 18.2 Å². The van der Waals surface area contributed by atoms with Crippen molar-refractivity contribution in [3.8, 4) is 5.75 Å². The maximum Gasteiger partial charge on any atom is 0.269 e. The van der Waals surface area contributed by atoms with Gasteiger partial charge in [0.1, 0.15) is 5.75 Å². The number of nitrogens with zero attached hydrogens (tertiary/aromatic N) is 2. The van der Waals surface area contributed by atoms with Gasteiger partial charge in [-0.3, -0.25) is 14.9 Å². The van der Waals surface area contributed by atoms with Gasteiger partial charge in [0.15, 0.2) is 6.61 Å². The van der Waals surface area contributed by atoms with Gasteiger partial charge in [-0.2, -0.15) is 0 Å². The summed E-state index contributed by atoms with van der Waals surface area (Å²) in [6.07, 6.45) is 3.24. The minimum Gasteiger partial charge on any atom is -0.484 e. The van der Waals surface area contributed by atoms with Gasteiger partial charge in [0, 0.05) is 25.2 Å². The van der Waals surface area contributed by atoms with E-state index in [9.17, 15) is 14.9 Å². The van der Waals surface area contributed by atoms with Crippen LogP contribution in [0.15, 0.2) is 49.6 Å². The van der Waals surface area contributed by atoms with Crippen molar-refractivity contribution in [2.45, 2.75) is 0 Å². The van der Waals surface area contributed by atoms with Crippen LogP contribution in [0.4, 0.5) is 5.69 Å². The highest BCUT2D eigenvalue weighted by Crippen LogP contribution is 2.17. The summed E-state index contributed by atoms with van der Waals surface area (Å²) in [6.45, 7) is 7.84. The van der Waals surface area contributed by atoms with Gasteiger partial charge in [0.05, 0.1) is 4.92 Å². The normalized spacial score (nSPS) is 9.60. The third-order valence-electron chi connectivity index (χ3n) is 2.46. The molecule has 1 rings (SSSR count). The molecule has 1 amide bonds. The number of ether oxygens (including phenoxy) is 1. The molecule has 0 N–H and O–H groups in total. The molecule has 0 fully saturated rings. The molecule has 6 nitrogen and oxygen atoms in total. The van der Waals surface area contributed by atoms with E-state index in [2.05, 4.69) is 13.2 Å². The summed E-state index contributed by atoms with van der Waals surface area (Å²) in [5.41, 5.74) is -0.0244. The first-order valence-electron chi connectivity index (χ1n) is 5.95. The molecule has 0 atom stereocenters. The van der Waals surface area contributed by atoms with Crippen LogP contribution >= 0.6 is 0 Å². The van der Waals surface area contributed by atoms with Gasteiger partial charge in [-0.25, -0.2) is 0 Å². The highest BCUT2D eigenvalue weighted by Gasteiger charge is 2.11. The van der Waals surface area contributed by atoms with E-state index >= 15 is 0 Å². The average molecular weight is 276 g/mol. The molecule has 0 unspecified atom stereocenters. The highest BCUT2D eigenvalue weighted by atomic mass is 16.6. The largest absolute Gasteiger partial charge is 0.484 e. The summed E-state index contributed by atoms with van der Waals surface area (Å²) in [6, 6.07) is 5.56. The third kappa shape index (κ3) is 4.56. The van der Waals surface area contributed by atoms with Crippen molar-refractivity contribution in [2.75, 3.05) is 19.7 Å². The summed E-state index contributed by atoms with van der Waals surface area (Å²) in [5.74, 6) is 0.198. The molecule has 0 heterocycles. The molecule has 6 heteroatoms. The van der Waals surface area contributed by atoms with Crippen molar-refractivity contribution < 1.29 is 14.5 Å². The second-order valence-corrected chi connectivity index (χ2v) is 3.92. The van der Waals surface area contributed by atoms with Crippen molar-refractivity contribution >= 4 is 11.6 Å². The molecule has 0 aliphatic rings. The summed E-state index contributed by atoms with van der Waals surface area (Å²) in [5, 5.41) is 10.5. The van der Waals surface area contributed by atoms with E-state index in [1.165, 1.54) is 29.2 Å². The molecular formula is C14H16N2O4. The molecule has 106 valence electrons. The van der Waals surface area contributed by atoms with Crippen molar-refractivity contribution in [1.82, 2.24) is 4.90 Å². The Bertz CT molecular complexity index is 486. The van der Waals surface area contributed by atoms with E-state index in [0.29, 0.717) is 18.8 Å². The number of nitro benzene ring substituents is 1. The molecule has 0 saturated carbocycles. The highest BCUT2D eigenvalue weighted by molar-refractivity contribution is 5.78. The Morgan fingerprint density at radius 1 is 1.25 bits per heavy atom. The Hall–Kier alpha value is -2.63. The number of hydrogen-bond acceptors (Lipinski definition) is 4. The molecule has 0 spiro atoms. The second kappa shape index (κ2) is 7.73. The molecule has 0 aliphatic heterocycles. The van der Waals surface area contributed by atoms with E-state index < -0.39 is 4.92 Å². The molecule has 20 heavy (non-hydrogen) atoms. The van der Waals surface area contributed by atoms with Gasteiger partial charge >= 0.3 is 0 Å². The number of rotatable bonds is 8. The molecule has 0 saturated heterocycles. The molecule has 0 bridgehead atoms. The summed E-state index contributed by atoms with van der Waals surface area (Å²) in [4.78, 5) is 23.4. The zero-order valence-electron chi connectivity index (χ0n) is 11.0. The molecular weight excluding hydrogens is 260 g/mol. The minimum atomic E-state index is -0.495. The maximum absolute atomic E-state index is 11.9. The molecule has 0 radical (unpaired) electrons.